The lowest BCUT2D eigenvalue weighted by Crippen LogP contribution is -2.31. The number of Topliss-reactive ketones (excluding diaryl/α,β-unsaturated/α-hetero) is 1. The minimum absolute atomic E-state index is 0.0229. The summed E-state index contributed by atoms with van der Waals surface area (Å²) >= 11 is 0. The third-order valence-corrected chi connectivity index (χ3v) is 4.00. The monoisotopic (exact) mass is 372 g/mol. The van der Waals surface area contributed by atoms with Gasteiger partial charge in [0.25, 0.3) is 0 Å². The van der Waals surface area contributed by atoms with Crippen molar-refractivity contribution in [3.63, 3.8) is 0 Å². The molecule has 0 saturated carbocycles. The summed E-state index contributed by atoms with van der Waals surface area (Å²) in [6.45, 7) is 3.24. The summed E-state index contributed by atoms with van der Waals surface area (Å²) in [5, 5.41) is 5.92. The first-order valence-corrected chi connectivity index (χ1v) is 8.38. The lowest BCUT2D eigenvalue weighted by Gasteiger charge is -2.18. The summed E-state index contributed by atoms with van der Waals surface area (Å²) in [5.41, 5.74) is 1.86. The number of ether oxygens (including phenoxy) is 3. The van der Waals surface area contributed by atoms with Gasteiger partial charge in [0.05, 0.1) is 21.3 Å². The highest BCUT2D eigenvalue weighted by Crippen LogP contribution is 2.40. The van der Waals surface area contributed by atoms with Gasteiger partial charge in [-0.1, -0.05) is 0 Å². The highest BCUT2D eigenvalue weighted by Gasteiger charge is 2.17. The minimum atomic E-state index is -0.528. The van der Waals surface area contributed by atoms with Crippen LogP contribution in [0.2, 0.25) is 0 Å². The smallest absolute Gasteiger partial charge is 0.246 e. The van der Waals surface area contributed by atoms with Crippen molar-refractivity contribution in [1.82, 2.24) is 0 Å². The van der Waals surface area contributed by atoms with Crippen LogP contribution in [0.1, 0.15) is 24.2 Å². The number of anilines is 2. The van der Waals surface area contributed by atoms with Gasteiger partial charge in [0.15, 0.2) is 17.3 Å². The Kier molecular flexibility index (Phi) is 6.65. The molecule has 0 aliphatic rings. The Morgan fingerprint density at radius 3 is 1.89 bits per heavy atom. The zero-order valence-electron chi connectivity index (χ0n) is 16.1. The molecule has 2 rings (SSSR count). The van der Waals surface area contributed by atoms with Crippen molar-refractivity contribution in [2.75, 3.05) is 32.0 Å². The van der Waals surface area contributed by atoms with Crippen molar-refractivity contribution in [1.29, 1.82) is 0 Å². The predicted molar refractivity (Wildman–Crippen MR) is 104 cm³/mol. The molecule has 0 heterocycles. The van der Waals surface area contributed by atoms with E-state index in [0.717, 1.165) is 0 Å². The normalized spacial score (nSPS) is 11.3. The number of methoxy groups -OCH3 is 3. The minimum Gasteiger partial charge on any atom is -0.493 e. The molecule has 1 amide bonds. The zero-order chi connectivity index (χ0) is 20.0. The van der Waals surface area contributed by atoms with Crippen molar-refractivity contribution < 1.29 is 23.8 Å². The van der Waals surface area contributed by atoms with E-state index in [4.69, 9.17) is 14.2 Å². The van der Waals surface area contributed by atoms with Crippen LogP contribution >= 0.6 is 0 Å². The molecule has 0 fully saturated rings. The van der Waals surface area contributed by atoms with Crippen LogP contribution in [0.5, 0.6) is 17.2 Å². The summed E-state index contributed by atoms with van der Waals surface area (Å²) in [5.74, 6) is 1.22. The van der Waals surface area contributed by atoms with Crippen LogP contribution in [0.4, 0.5) is 11.4 Å². The summed E-state index contributed by atoms with van der Waals surface area (Å²) in [4.78, 5) is 23.8. The number of rotatable bonds is 8. The van der Waals surface area contributed by atoms with E-state index in [-0.39, 0.29) is 11.7 Å². The van der Waals surface area contributed by atoms with Crippen molar-refractivity contribution in [3.05, 3.63) is 42.0 Å². The van der Waals surface area contributed by atoms with E-state index in [2.05, 4.69) is 10.6 Å². The second-order valence-electron chi connectivity index (χ2n) is 5.90. The fourth-order valence-electron chi connectivity index (χ4n) is 2.52. The van der Waals surface area contributed by atoms with E-state index >= 15 is 0 Å². The van der Waals surface area contributed by atoms with Crippen LogP contribution in [0.15, 0.2) is 36.4 Å². The quantitative estimate of drug-likeness (QED) is 0.691. The van der Waals surface area contributed by atoms with Crippen molar-refractivity contribution >= 4 is 23.1 Å². The van der Waals surface area contributed by atoms with Gasteiger partial charge in [-0.05, 0) is 38.1 Å². The van der Waals surface area contributed by atoms with Gasteiger partial charge < -0.3 is 24.8 Å². The first-order chi connectivity index (χ1) is 12.9. The van der Waals surface area contributed by atoms with Gasteiger partial charge in [0.1, 0.15) is 6.04 Å². The lowest BCUT2D eigenvalue weighted by molar-refractivity contribution is -0.116. The summed E-state index contributed by atoms with van der Waals surface area (Å²) in [7, 11) is 4.59. The fourth-order valence-corrected chi connectivity index (χ4v) is 2.52. The Labute approximate surface area is 158 Å². The molecule has 0 saturated heterocycles. The Hall–Kier alpha value is -3.22. The second-order valence-corrected chi connectivity index (χ2v) is 5.90. The number of benzene rings is 2. The van der Waals surface area contributed by atoms with Gasteiger partial charge in [-0.25, -0.2) is 0 Å². The highest BCUT2D eigenvalue weighted by molar-refractivity contribution is 5.98. The Morgan fingerprint density at radius 2 is 1.44 bits per heavy atom. The SMILES string of the molecule is COc1cc(N[C@@H](C)C(=O)Nc2ccc(C(C)=O)cc2)cc(OC)c1OC. The van der Waals surface area contributed by atoms with Crippen LogP contribution in [0.25, 0.3) is 0 Å². The zero-order valence-corrected chi connectivity index (χ0v) is 16.1. The van der Waals surface area contributed by atoms with Gasteiger partial charge in [-0.3, -0.25) is 9.59 Å². The van der Waals surface area contributed by atoms with Crippen LogP contribution in [-0.4, -0.2) is 39.1 Å². The molecular weight excluding hydrogens is 348 g/mol. The maximum absolute atomic E-state index is 12.4. The number of carbonyl (C=O) groups excluding carboxylic acids is 2. The first-order valence-electron chi connectivity index (χ1n) is 8.38. The number of hydrogen-bond donors (Lipinski definition) is 2. The molecule has 2 N–H and O–H groups in total. The summed E-state index contributed by atoms with van der Waals surface area (Å²) < 4.78 is 15.9. The molecule has 0 aliphatic carbocycles. The largest absolute Gasteiger partial charge is 0.493 e. The van der Waals surface area contributed by atoms with Crippen LogP contribution in [0.3, 0.4) is 0 Å². The Bertz CT molecular complexity index is 793. The van der Waals surface area contributed by atoms with E-state index in [1.54, 1.807) is 43.3 Å². The van der Waals surface area contributed by atoms with E-state index < -0.39 is 6.04 Å². The maximum Gasteiger partial charge on any atom is 0.246 e. The molecule has 27 heavy (non-hydrogen) atoms. The van der Waals surface area contributed by atoms with Gasteiger partial charge in [0.2, 0.25) is 11.7 Å². The summed E-state index contributed by atoms with van der Waals surface area (Å²) in [6, 6.07) is 9.67. The van der Waals surface area contributed by atoms with Gasteiger partial charge in [-0.2, -0.15) is 0 Å². The van der Waals surface area contributed by atoms with Crippen LogP contribution in [0, 0.1) is 0 Å². The number of nitrogens with one attached hydrogen (secondary N) is 2. The Morgan fingerprint density at radius 1 is 0.889 bits per heavy atom. The van der Waals surface area contributed by atoms with E-state index in [9.17, 15) is 9.59 Å². The van der Waals surface area contributed by atoms with Gasteiger partial charge >= 0.3 is 0 Å². The molecule has 2 aromatic carbocycles. The van der Waals surface area contributed by atoms with E-state index in [1.807, 2.05) is 0 Å². The average Bonchev–Trinajstić information content (AvgIpc) is 2.67. The average molecular weight is 372 g/mol. The fraction of sp³-hybridized carbons (Fsp3) is 0.300. The second kappa shape index (κ2) is 8.93. The molecule has 7 heteroatoms. The molecule has 0 unspecified atom stereocenters. The van der Waals surface area contributed by atoms with E-state index in [1.165, 1.54) is 28.3 Å². The van der Waals surface area contributed by atoms with E-state index in [0.29, 0.717) is 34.2 Å². The number of ketones is 1. The van der Waals surface area contributed by atoms with Crippen molar-refractivity contribution in [2.45, 2.75) is 19.9 Å². The van der Waals surface area contributed by atoms with Crippen LogP contribution in [-0.2, 0) is 4.79 Å². The topological polar surface area (TPSA) is 85.9 Å². The molecule has 144 valence electrons. The molecule has 0 aliphatic heterocycles. The van der Waals surface area contributed by atoms with Crippen molar-refractivity contribution in [2.24, 2.45) is 0 Å². The number of amides is 1. The first kappa shape index (κ1) is 20.1. The van der Waals surface area contributed by atoms with Gasteiger partial charge in [-0.15, -0.1) is 0 Å². The third-order valence-electron chi connectivity index (χ3n) is 4.00. The molecule has 2 aromatic rings. The lowest BCUT2D eigenvalue weighted by atomic mass is 10.1. The highest BCUT2D eigenvalue weighted by atomic mass is 16.5. The molecular formula is C20H24N2O5. The standard InChI is InChI=1S/C20H24N2O5/c1-12(20(24)22-15-8-6-14(7-9-15)13(2)23)21-16-10-17(25-3)19(27-5)18(11-16)26-4/h6-12,21H,1-5H3,(H,22,24)/t12-/m0/s1. The maximum atomic E-state index is 12.4. The number of carbonyl (C=O) groups is 2. The van der Waals surface area contributed by atoms with Gasteiger partial charge in [0, 0.05) is 29.1 Å². The molecule has 1 atom stereocenters. The molecule has 0 spiro atoms. The third kappa shape index (κ3) is 4.91. The van der Waals surface area contributed by atoms with Crippen LogP contribution < -0.4 is 24.8 Å². The molecule has 0 bridgehead atoms. The molecule has 0 radical (unpaired) electrons. The summed E-state index contributed by atoms with van der Waals surface area (Å²) in [6.07, 6.45) is 0. The predicted octanol–water partition coefficient (Wildman–Crippen LogP) is 3.35. The molecule has 7 nitrogen and oxygen atoms in total. The Balaban J connectivity index is 2.10. The number of hydrogen-bond acceptors (Lipinski definition) is 6. The van der Waals surface area contributed by atoms with Crippen molar-refractivity contribution in [3.8, 4) is 17.2 Å². The molecule has 0 aromatic heterocycles.